The molecule has 27 heavy (non-hydrogen) atoms. The normalized spacial score (nSPS) is 10.7. The van der Waals surface area contributed by atoms with Gasteiger partial charge in [0.1, 0.15) is 23.3 Å². The SMILES string of the molecule is O=C(NN=Cc1ccc(OCc2ccc(F)cc2)cc1)c1cccnc1Cl. The smallest absolute Gasteiger partial charge is 0.274 e. The maximum absolute atomic E-state index is 12.9. The summed E-state index contributed by atoms with van der Waals surface area (Å²) in [5.74, 6) is -0.0495. The monoisotopic (exact) mass is 383 g/mol. The summed E-state index contributed by atoms with van der Waals surface area (Å²) in [5, 5.41) is 4.02. The van der Waals surface area contributed by atoms with Crippen molar-refractivity contribution in [3.8, 4) is 5.75 Å². The zero-order valence-corrected chi connectivity index (χ0v) is 14.9. The van der Waals surface area contributed by atoms with Gasteiger partial charge in [-0.05, 0) is 59.7 Å². The van der Waals surface area contributed by atoms with Crippen molar-refractivity contribution in [2.45, 2.75) is 6.61 Å². The second-order valence-corrected chi connectivity index (χ2v) is 5.88. The van der Waals surface area contributed by atoms with Gasteiger partial charge in [0.25, 0.3) is 5.91 Å². The molecular weight excluding hydrogens is 369 g/mol. The number of halogens is 2. The van der Waals surface area contributed by atoms with Crippen LogP contribution in [-0.2, 0) is 6.61 Å². The van der Waals surface area contributed by atoms with Gasteiger partial charge in [0.05, 0.1) is 11.8 Å². The number of nitrogens with zero attached hydrogens (tertiary/aromatic N) is 2. The molecule has 0 aliphatic heterocycles. The van der Waals surface area contributed by atoms with E-state index in [4.69, 9.17) is 16.3 Å². The first-order valence-electron chi connectivity index (χ1n) is 8.03. The van der Waals surface area contributed by atoms with E-state index in [1.54, 1.807) is 48.5 Å². The van der Waals surface area contributed by atoms with E-state index in [1.807, 2.05) is 0 Å². The Bertz CT molecular complexity index is 944. The number of pyridine rings is 1. The Morgan fingerprint density at radius 2 is 1.89 bits per heavy atom. The molecule has 0 fully saturated rings. The molecule has 0 radical (unpaired) electrons. The molecule has 3 aromatic rings. The Hall–Kier alpha value is -3.25. The molecule has 0 spiro atoms. The number of hydrogen-bond donors (Lipinski definition) is 1. The first-order valence-corrected chi connectivity index (χ1v) is 8.41. The number of carbonyl (C=O) groups is 1. The van der Waals surface area contributed by atoms with Crippen LogP contribution < -0.4 is 10.2 Å². The number of amides is 1. The molecule has 1 amide bonds. The van der Waals surface area contributed by atoms with E-state index in [1.165, 1.54) is 24.5 Å². The fourth-order valence-corrected chi connectivity index (χ4v) is 2.38. The fourth-order valence-electron chi connectivity index (χ4n) is 2.18. The largest absolute Gasteiger partial charge is 0.489 e. The predicted octanol–water partition coefficient (Wildman–Crippen LogP) is 4.22. The molecule has 0 aliphatic rings. The average molecular weight is 384 g/mol. The maximum atomic E-state index is 12.9. The lowest BCUT2D eigenvalue weighted by atomic mass is 10.2. The van der Waals surface area contributed by atoms with Gasteiger partial charge < -0.3 is 4.74 Å². The first kappa shape index (κ1) is 18.5. The van der Waals surface area contributed by atoms with Crippen molar-refractivity contribution < 1.29 is 13.9 Å². The first-order chi connectivity index (χ1) is 13.1. The standard InChI is InChI=1S/C20H15ClFN3O2/c21-19-18(2-1-11-23-19)20(26)25-24-12-14-5-9-17(10-6-14)27-13-15-3-7-16(22)8-4-15/h1-12H,13H2,(H,25,26). The van der Waals surface area contributed by atoms with E-state index in [0.29, 0.717) is 12.4 Å². The lowest BCUT2D eigenvalue weighted by Crippen LogP contribution is -2.18. The topological polar surface area (TPSA) is 63.6 Å². The van der Waals surface area contributed by atoms with Crippen LogP contribution in [0.5, 0.6) is 5.75 Å². The van der Waals surface area contributed by atoms with E-state index in [9.17, 15) is 9.18 Å². The Balaban J connectivity index is 1.52. The molecule has 0 saturated carbocycles. The number of rotatable bonds is 6. The molecule has 0 unspecified atom stereocenters. The molecule has 0 bridgehead atoms. The lowest BCUT2D eigenvalue weighted by Gasteiger charge is -2.06. The van der Waals surface area contributed by atoms with Crippen molar-refractivity contribution in [2.75, 3.05) is 0 Å². The molecule has 3 rings (SSSR count). The zero-order valence-electron chi connectivity index (χ0n) is 14.1. The fraction of sp³-hybridized carbons (Fsp3) is 0.0500. The zero-order chi connectivity index (χ0) is 19.1. The lowest BCUT2D eigenvalue weighted by molar-refractivity contribution is 0.0955. The van der Waals surface area contributed by atoms with Crippen LogP contribution in [0.2, 0.25) is 5.15 Å². The Morgan fingerprint density at radius 3 is 2.59 bits per heavy atom. The van der Waals surface area contributed by atoms with Gasteiger partial charge in [-0.3, -0.25) is 4.79 Å². The molecular formula is C20H15ClFN3O2. The Morgan fingerprint density at radius 1 is 1.15 bits per heavy atom. The molecule has 136 valence electrons. The number of hydrazone groups is 1. The highest BCUT2D eigenvalue weighted by atomic mass is 35.5. The van der Waals surface area contributed by atoms with Crippen molar-refractivity contribution in [3.63, 3.8) is 0 Å². The summed E-state index contributed by atoms with van der Waals surface area (Å²) in [7, 11) is 0. The Labute approximate surface area is 160 Å². The minimum Gasteiger partial charge on any atom is -0.489 e. The van der Waals surface area contributed by atoms with Crippen LogP contribution in [-0.4, -0.2) is 17.1 Å². The highest BCUT2D eigenvalue weighted by Gasteiger charge is 2.09. The number of benzene rings is 2. The second-order valence-electron chi connectivity index (χ2n) is 5.53. The van der Waals surface area contributed by atoms with Crippen molar-refractivity contribution in [1.82, 2.24) is 10.4 Å². The molecule has 7 heteroatoms. The summed E-state index contributed by atoms with van der Waals surface area (Å²) in [4.78, 5) is 15.8. The molecule has 0 aliphatic carbocycles. The van der Waals surface area contributed by atoms with Crippen molar-refractivity contribution in [3.05, 3.63) is 94.5 Å². The van der Waals surface area contributed by atoms with Crippen LogP contribution in [0.4, 0.5) is 4.39 Å². The minimum atomic E-state index is -0.441. The Kier molecular flexibility index (Phi) is 6.12. The molecule has 0 saturated heterocycles. The van der Waals surface area contributed by atoms with Gasteiger partial charge in [-0.1, -0.05) is 23.7 Å². The van der Waals surface area contributed by atoms with E-state index >= 15 is 0 Å². The number of carbonyl (C=O) groups excluding carboxylic acids is 1. The van der Waals surface area contributed by atoms with Crippen LogP contribution in [0.25, 0.3) is 0 Å². The van der Waals surface area contributed by atoms with Crippen molar-refractivity contribution >= 4 is 23.7 Å². The van der Waals surface area contributed by atoms with Gasteiger partial charge in [0.2, 0.25) is 0 Å². The van der Waals surface area contributed by atoms with Crippen LogP contribution >= 0.6 is 11.6 Å². The number of ether oxygens (including phenoxy) is 1. The van der Waals surface area contributed by atoms with Crippen LogP contribution in [0, 0.1) is 5.82 Å². The van der Waals surface area contributed by atoms with Gasteiger partial charge in [0, 0.05) is 6.20 Å². The summed E-state index contributed by atoms with van der Waals surface area (Å²) < 4.78 is 18.5. The third-order valence-corrected chi connectivity index (χ3v) is 3.88. The minimum absolute atomic E-state index is 0.118. The van der Waals surface area contributed by atoms with Crippen molar-refractivity contribution in [1.29, 1.82) is 0 Å². The van der Waals surface area contributed by atoms with Gasteiger partial charge >= 0.3 is 0 Å². The van der Waals surface area contributed by atoms with E-state index < -0.39 is 5.91 Å². The van der Waals surface area contributed by atoms with E-state index in [-0.39, 0.29) is 16.5 Å². The summed E-state index contributed by atoms with van der Waals surface area (Å²) >= 11 is 5.86. The quantitative estimate of drug-likeness (QED) is 0.394. The van der Waals surface area contributed by atoms with Gasteiger partial charge in [0.15, 0.2) is 0 Å². The van der Waals surface area contributed by atoms with E-state index in [0.717, 1.165) is 11.1 Å². The number of nitrogens with one attached hydrogen (secondary N) is 1. The predicted molar refractivity (Wildman–Crippen MR) is 101 cm³/mol. The third-order valence-electron chi connectivity index (χ3n) is 3.58. The molecule has 1 aromatic heterocycles. The van der Waals surface area contributed by atoms with Gasteiger partial charge in [-0.2, -0.15) is 5.10 Å². The molecule has 2 aromatic carbocycles. The van der Waals surface area contributed by atoms with Crippen LogP contribution in [0.1, 0.15) is 21.5 Å². The second kappa shape index (κ2) is 8.91. The number of aromatic nitrogens is 1. The van der Waals surface area contributed by atoms with Crippen molar-refractivity contribution in [2.24, 2.45) is 5.10 Å². The van der Waals surface area contributed by atoms with Crippen LogP contribution in [0.3, 0.4) is 0 Å². The summed E-state index contributed by atoms with van der Waals surface area (Å²) in [5.41, 5.74) is 4.30. The third kappa shape index (κ3) is 5.36. The van der Waals surface area contributed by atoms with Gasteiger partial charge in [-0.15, -0.1) is 0 Å². The summed E-state index contributed by atoms with van der Waals surface area (Å²) in [6.07, 6.45) is 3.01. The molecule has 0 atom stereocenters. The van der Waals surface area contributed by atoms with E-state index in [2.05, 4.69) is 15.5 Å². The highest BCUT2D eigenvalue weighted by Crippen LogP contribution is 2.14. The average Bonchev–Trinajstić information content (AvgIpc) is 2.69. The highest BCUT2D eigenvalue weighted by molar-refractivity contribution is 6.32. The molecule has 5 nitrogen and oxygen atoms in total. The maximum Gasteiger partial charge on any atom is 0.274 e. The van der Waals surface area contributed by atoms with Crippen LogP contribution in [0.15, 0.2) is 72.0 Å². The summed E-state index contributed by atoms with van der Waals surface area (Å²) in [6.45, 7) is 0.343. The van der Waals surface area contributed by atoms with Gasteiger partial charge in [-0.25, -0.2) is 14.8 Å². The molecule has 1 N–H and O–H groups in total. The summed E-state index contributed by atoms with van der Waals surface area (Å²) in [6, 6.07) is 16.5. The molecule has 1 heterocycles. The number of hydrogen-bond acceptors (Lipinski definition) is 4.